The molecule has 4 heterocycles. The van der Waals surface area contributed by atoms with Crippen LogP contribution in [-0.4, -0.2) is 54.8 Å². The molecule has 0 unspecified atom stereocenters. The molecule has 0 N–H and O–H groups in total. The lowest BCUT2D eigenvalue weighted by Crippen LogP contribution is -2.46. The van der Waals surface area contributed by atoms with Gasteiger partial charge in [-0.3, -0.25) is 4.79 Å². The van der Waals surface area contributed by atoms with E-state index in [0.29, 0.717) is 59.6 Å². The van der Waals surface area contributed by atoms with Gasteiger partial charge in [0.15, 0.2) is 5.52 Å². The summed E-state index contributed by atoms with van der Waals surface area (Å²) in [5.41, 5.74) is 2.78. The zero-order chi connectivity index (χ0) is 26.4. The van der Waals surface area contributed by atoms with Crippen molar-refractivity contribution in [3.63, 3.8) is 0 Å². The predicted octanol–water partition coefficient (Wildman–Crippen LogP) is 7.00. The minimum absolute atomic E-state index is 0.114. The van der Waals surface area contributed by atoms with Gasteiger partial charge >= 0.3 is 8.80 Å². The summed E-state index contributed by atoms with van der Waals surface area (Å²) in [5.74, 6) is 0.591. The third-order valence-electron chi connectivity index (χ3n) is 5.52. The van der Waals surface area contributed by atoms with Crippen LogP contribution in [0.3, 0.4) is 0 Å². The lowest BCUT2D eigenvalue weighted by Gasteiger charge is -2.28. The maximum atomic E-state index is 13.6. The number of fused-ring (bicyclic) bond motifs is 1. The van der Waals surface area contributed by atoms with E-state index in [0.717, 1.165) is 25.9 Å². The van der Waals surface area contributed by atoms with E-state index in [1.807, 2.05) is 58.9 Å². The molecule has 8 nitrogen and oxygen atoms in total. The molecule has 0 saturated carbocycles. The van der Waals surface area contributed by atoms with Crippen molar-refractivity contribution < 1.29 is 22.7 Å². The van der Waals surface area contributed by atoms with Gasteiger partial charge in [-0.05, 0) is 75.6 Å². The van der Waals surface area contributed by atoms with E-state index in [1.54, 1.807) is 22.7 Å². The molecule has 37 heavy (non-hydrogen) atoms. The van der Waals surface area contributed by atoms with Crippen LogP contribution in [0.25, 0.3) is 32.0 Å². The van der Waals surface area contributed by atoms with E-state index in [9.17, 15) is 4.79 Å². The van der Waals surface area contributed by atoms with Crippen LogP contribution in [-0.2, 0) is 13.3 Å². The molecule has 0 atom stereocenters. The van der Waals surface area contributed by atoms with Crippen LogP contribution in [0.15, 0.2) is 28.9 Å². The molecule has 0 radical (unpaired) electrons. The minimum atomic E-state index is -2.75. The van der Waals surface area contributed by atoms with Gasteiger partial charge in [-0.25, -0.2) is 9.61 Å². The van der Waals surface area contributed by atoms with E-state index in [2.05, 4.69) is 10.3 Å². The molecule has 4 rings (SSSR count). The molecule has 0 amide bonds. The van der Waals surface area contributed by atoms with Gasteiger partial charge in [0.05, 0.1) is 10.4 Å². The molecule has 0 bridgehead atoms. The fourth-order valence-corrected chi connectivity index (χ4v) is 9.45. The molecule has 4 aromatic rings. The Morgan fingerprint density at radius 2 is 1.51 bits per heavy atom. The fourth-order valence-electron chi connectivity index (χ4n) is 4.05. The third kappa shape index (κ3) is 6.39. The first-order valence-electron chi connectivity index (χ1n) is 12.3. The quantitative estimate of drug-likeness (QED) is 0.123. The van der Waals surface area contributed by atoms with Crippen LogP contribution in [0, 0.1) is 13.8 Å². The smallest absolute Gasteiger partial charge is 0.374 e. The van der Waals surface area contributed by atoms with Crippen LogP contribution in [0.2, 0.25) is 6.04 Å². The summed E-state index contributed by atoms with van der Waals surface area (Å²) < 4.78 is 23.0. The number of aromatic nitrogens is 3. The number of thioether (sulfide) groups is 1. The number of aryl methyl sites for hydroxylation is 2. The first-order valence-corrected chi connectivity index (χ1v) is 16.8. The predicted molar refractivity (Wildman–Crippen MR) is 153 cm³/mol. The molecule has 0 saturated heterocycles. The van der Waals surface area contributed by atoms with E-state index < -0.39 is 8.80 Å². The van der Waals surface area contributed by atoms with Gasteiger partial charge in [-0.2, -0.15) is 0 Å². The van der Waals surface area contributed by atoms with E-state index in [1.165, 1.54) is 11.8 Å². The highest BCUT2D eigenvalue weighted by Crippen LogP contribution is 2.40. The molecular formula is C25H31N3O5S3Si. The number of carbonyl (C=O) groups excluding carboxylic acids is 1. The second-order valence-electron chi connectivity index (χ2n) is 8.19. The molecule has 12 heteroatoms. The number of thiophene rings is 2. The van der Waals surface area contributed by atoms with Gasteiger partial charge in [-0.1, -0.05) is 11.8 Å². The monoisotopic (exact) mass is 577 g/mol. The van der Waals surface area contributed by atoms with Crippen LogP contribution in [0.4, 0.5) is 0 Å². The highest BCUT2D eigenvalue weighted by molar-refractivity contribution is 8.14. The van der Waals surface area contributed by atoms with Gasteiger partial charge in [0, 0.05) is 46.2 Å². The van der Waals surface area contributed by atoms with Crippen LogP contribution >= 0.6 is 34.4 Å². The van der Waals surface area contributed by atoms with E-state index in [-0.39, 0.29) is 5.12 Å². The number of nitrogens with zero attached hydrogens (tertiary/aromatic N) is 3. The van der Waals surface area contributed by atoms with Crippen molar-refractivity contribution in [3.8, 4) is 21.0 Å². The van der Waals surface area contributed by atoms with Crippen LogP contribution < -0.4 is 0 Å². The molecule has 0 aliphatic carbocycles. The third-order valence-corrected chi connectivity index (χ3v) is 11.6. The normalized spacial score (nSPS) is 12.0. The van der Waals surface area contributed by atoms with Gasteiger partial charge in [0.2, 0.25) is 5.12 Å². The summed E-state index contributed by atoms with van der Waals surface area (Å²) in [7, 11) is -2.75. The zero-order valence-electron chi connectivity index (χ0n) is 21.7. The van der Waals surface area contributed by atoms with Crippen molar-refractivity contribution >= 4 is 59.4 Å². The van der Waals surface area contributed by atoms with Crippen molar-refractivity contribution in [1.29, 1.82) is 0 Å². The van der Waals surface area contributed by atoms with Crippen molar-refractivity contribution in [2.24, 2.45) is 0 Å². The summed E-state index contributed by atoms with van der Waals surface area (Å²) in [6.45, 7) is 11.5. The number of carbonyl (C=O) groups is 1. The topological polar surface area (TPSA) is 96.6 Å². The van der Waals surface area contributed by atoms with Crippen LogP contribution in [0.1, 0.15) is 47.4 Å². The Bertz CT molecular complexity index is 1340. The minimum Gasteiger partial charge on any atom is -0.374 e. The molecule has 0 aliphatic heterocycles. The maximum Gasteiger partial charge on any atom is 0.500 e. The Morgan fingerprint density at radius 3 is 2.08 bits per heavy atom. The van der Waals surface area contributed by atoms with Crippen molar-refractivity contribution in [3.05, 3.63) is 39.7 Å². The highest BCUT2D eigenvalue weighted by atomic mass is 32.2. The molecule has 0 aromatic carbocycles. The first kappa shape index (κ1) is 28.1. The van der Waals surface area contributed by atoms with Gasteiger partial charge in [-0.15, -0.1) is 22.7 Å². The Hall–Kier alpha value is -1.93. The van der Waals surface area contributed by atoms with Crippen molar-refractivity contribution in [2.45, 2.75) is 47.1 Å². The Balaban J connectivity index is 1.63. The first-order chi connectivity index (χ1) is 17.9. The van der Waals surface area contributed by atoms with Gasteiger partial charge in [0.25, 0.3) is 0 Å². The molecular weight excluding hydrogens is 547 g/mol. The number of hydrogen-bond acceptors (Lipinski definition) is 11. The largest absolute Gasteiger partial charge is 0.500 e. The Labute approximate surface area is 230 Å². The summed E-state index contributed by atoms with van der Waals surface area (Å²) in [6.07, 6.45) is 0.723. The molecule has 0 aliphatic rings. The SMILES string of the molecule is CCO[Si](CCCSC(=O)c1nc(-c2ccc(C)s2)c2nonc2c1-c1ccc(C)s1)(OCC)OCC. The van der Waals surface area contributed by atoms with Gasteiger partial charge in [0.1, 0.15) is 16.9 Å². The second kappa shape index (κ2) is 12.7. The molecule has 0 fully saturated rings. The van der Waals surface area contributed by atoms with Crippen molar-refractivity contribution in [1.82, 2.24) is 15.3 Å². The fraction of sp³-hybridized carbons (Fsp3) is 0.440. The lowest BCUT2D eigenvalue weighted by molar-refractivity contribution is 0.0712. The van der Waals surface area contributed by atoms with Gasteiger partial charge < -0.3 is 13.3 Å². The Morgan fingerprint density at radius 1 is 0.919 bits per heavy atom. The summed E-state index contributed by atoms with van der Waals surface area (Å²) in [6, 6.07) is 8.69. The highest BCUT2D eigenvalue weighted by Gasteiger charge is 2.39. The van der Waals surface area contributed by atoms with E-state index in [4.69, 9.17) is 22.9 Å². The standard InChI is InChI=1S/C25H31N3O5S3Si/c1-6-30-37(31-7-2,32-8-3)15-9-14-34-25(29)23-20(18-12-10-16(4)35-18)22-24(28-33-27-22)21(26-23)19-13-11-17(5)36-19/h10-13H,6-9,14-15H2,1-5H3. The average molecular weight is 578 g/mol. The number of pyridine rings is 1. The number of rotatable bonds is 13. The van der Waals surface area contributed by atoms with E-state index >= 15 is 0 Å². The lowest BCUT2D eigenvalue weighted by atomic mass is 10.1. The second-order valence-corrected chi connectivity index (χ2v) is 14.6. The average Bonchev–Trinajstić information content (AvgIpc) is 3.62. The Kier molecular flexibility index (Phi) is 9.67. The van der Waals surface area contributed by atoms with Crippen LogP contribution in [0.5, 0.6) is 0 Å². The number of hydrogen-bond donors (Lipinski definition) is 0. The zero-order valence-corrected chi connectivity index (χ0v) is 25.1. The summed E-state index contributed by atoms with van der Waals surface area (Å²) in [5, 5.41) is 8.26. The summed E-state index contributed by atoms with van der Waals surface area (Å²) >= 11 is 4.43. The summed E-state index contributed by atoms with van der Waals surface area (Å²) in [4.78, 5) is 22.6. The molecule has 4 aromatic heterocycles. The maximum absolute atomic E-state index is 13.6. The molecule has 198 valence electrons. The van der Waals surface area contributed by atoms with Crippen molar-refractivity contribution in [2.75, 3.05) is 25.6 Å². The molecule has 0 spiro atoms.